The molecule has 0 unspecified atom stereocenters. The summed E-state index contributed by atoms with van der Waals surface area (Å²) in [7, 11) is 0. The van der Waals surface area contributed by atoms with Gasteiger partial charge in [0, 0.05) is 12.1 Å². The van der Waals surface area contributed by atoms with Gasteiger partial charge in [-0.05, 0) is 37.6 Å². The number of nitro groups is 1. The summed E-state index contributed by atoms with van der Waals surface area (Å²) in [6.45, 7) is 3.60. The molecule has 140 valence electrons. The second-order valence-corrected chi connectivity index (χ2v) is 8.55. The molecule has 0 saturated carbocycles. The molecule has 1 N–H and O–H groups in total. The number of hydrogen-bond donors (Lipinski definition) is 1. The molecule has 0 aliphatic rings. The lowest BCUT2D eigenvalue weighted by Gasteiger charge is -2.17. The van der Waals surface area contributed by atoms with Gasteiger partial charge in [0.1, 0.15) is 5.82 Å². The molecule has 3 rings (SSSR count). The van der Waals surface area contributed by atoms with Crippen molar-refractivity contribution in [3.63, 3.8) is 0 Å². The Hall–Kier alpha value is -2.52. The summed E-state index contributed by atoms with van der Waals surface area (Å²) >= 11 is 2.61. The van der Waals surface area contributed by atoms with Crippen LogP contribution in [0, 0.1) is 15.9 Å². The van der Waals surface area contributed by atoms with Crippen molar-refractivity contribution in [2.24, 2.45) is 0 Å². The number of amides is 1. The molecule has 0 saturated heterocycles. The van der Waals surface area contributed by atoms with E-state index < -0.39 is 10.2 Å². The lowest BCUT2D eigenvalue weighted by Crippen LogP contribution is -2.33. The van der Waals surface area contributed by atoms with Crippen molar-refractivity contribution in [3.05, 3.63) is 64.0 Å². The summed E-state index contributed by atoms with van der Waals surface area (Å²) in [6.07, 6.45) is 0. The van der Waals surface area contributed by atoms with E-state index in [1.807, 2.05) is 6.92 Å². The predicted octanol–water partition coefficient (Wildman–Crippen LogP) is 4.70. The first-order valence-corrected chi connectivity index (χ1v) is 9.80. The SMILES string of the molecule is C[C@@H](Sc1nc2ccc([N+](=O)[O-])cc2s1)C(=O)N[C@H](C)c1ccc(F)cc1. The summed E-state index contributed by atoms with van der Waals surface area (Å²) in [5.41, 5.74) is 1.50. The van der Waals surface area contributed by atoms with Gasteiger partial charge >= 0.3 is 0 Å². The van der Waals surface area contributed by atoms with Crippen molar-refractivity contribution < 1.29 is 14.1 Å². The molecule has 0 fully saturated rings. The van der Waals surface area contributed by atoms with Gasteiger partial charge in [0.25, 0.3) is 5.69 Å². The van der Waals surface area contributed by atoms with Gasteiger partial charge in [-0.2, -0.15) is 0 Å². The summed E-state index contributed by atoms with van der Waals surface area (Å²) in [4.78, 5) is 27.3. The van der Waals surface area contributed by atoms with Crippen LogP contribution in [-0.4, -0.2) is 21.1 Å². The highest BCUT2D eigenvalue weighted by Gasteiger charge is 2.20. The van der Waals surface area contributed by atoms with Crippen LogP contribution in [0.5, 0.6) is 0 Å². The largest absolute Gasteiger partial charge is 0.349 e. The zero-order valence-corrected chi connectivity index (χ0v) is 16.1. The maximum absolute atomic E-state index is 13.0. The molecule has 1 aromatic heterocycles. The molecule has 0 aliphatic carbocycles. The van der Waals surface area contributed by atoms with Gasteiger partial charge in [-0.15, -0.1) is 11.3 Å². The molecular formula is C18H16FN3O3S2. The smallest absolute Gasteiger partial charge is 0.270 e. The third-order valence-electron chi connectivity index (χ3n) is 3.94. The molecule has 0 aliphatic heterocycles. The van der Waals surface area contributed by atoms with Crippen LogP contribution < -0.4 is 5.32 Å². The van der Waals surface area contributed by atoms with E-state index >= 15 is 0 Å². The van der Waals surface area contributed by atoms with E-state index in [2.05, 4.69) is 10.3 Å². The number of thiazole rings is 1. The molecule has 3 aromatic rings. The van der Waals surface area contributed by atoms with Crippen LogP contribution in [0.4, 0.5) is 10.1 Å². The Morgan fingerprint density at radius 2 is 1.96 bits per heavy atom. The Kier molecular flexibility index (Phi) is 5.71. The van der Waals surface area contributed by atoms with E-state index in [4.69, 9.17) is 0 Å². The van der Waals surface area contributed by atoms with Gasteiger partial charge in [-0.25, -0.2) is 9.37 Å². The molecule has 2 aromatic carbocycles. The molecule has 27 heavy (non-hydrogen) atoms. The normalized spacial score (nSPS) is 13.3. The number of carbonyl (C=O) groups excluding carboxylic acids is 1. The van der Waals surface area contributed by atoms with Crippen molar-refractivity contribution in [3.8, 4) is 0 Å². The van der Waals surface area contributed by atoms with Crippen molar-refractivity contribution >= 4 is 44.9 Å². The Morgan fingerprint density at radius 1 is 1.26 bits per heavy atom. The van der Waals surface area contributed by atoms with E-state index in [9.17, 15) is 19.3 Å². The number of hydrogen-bond acceptors (Lipinski definition) is 6. The zero-order valence-electron chi connectivity index (χ0n) is 14.5. The topological polar surface area (TPSA) is 85.1 Å². The fraction of sp³-hybridized carbons (Fsp3) is 0.222. The molecule has 1 heterocycles. The highest BCUT2D eigenvalue weighted by atomic mass is 32.2. The number of carbonyl (C=O) groups is 1. The highest BCUT2D eigenvalue weighted by molar-refractivity contribution is 8.02. The lowest BCUT2D eigenvalue weighted by molar-refractivity contribution is -0.384. The highest BCUT2D eigenvalue weighted by Crippen LogP contribution is 2.34. The van der Waals surface area contributed by atoms with Gasteiger partial charge in [0.05, 0.1) is 26.4 Å². The Morgan fingerprint density at radius 3 is 2.63 bits per heavy atom. The minimum absolute atomic E-state index is 0.0154. The Labute approximate surface area is 163 Å². The number of fused-ring (bicyclic) bond motifs is 1. The number of thioether (sulfide) groups is 1. The number of rotatable bonds is 6. The maximum Gasteiger partial charge on any atom is 0.270 e. The summed E-state index contributed by atoms with van der Waals surface area (Å²) in [5, 5.41) is 13.4. The van der Waals surface area contributed by atoms with Gasteiger partial charge in [0.2, 0.25) is 5.91 Å². The summed E-state index contributed by atoms with van der Waals surface area (Å²) in [5.74, 6) is -0.487. The molecule has 0 bridgehead atoms. The standard InChI is InChI=1S/C18H16FN3O3S2/c1-10(12-3-5-13(19)6-4-12)20-17(23)11(2)26-18-21-15-8-7-14(22(24)25)9-16(15)27-18/h3-11H,1-2H3,(H,20,23)/t10-,11-/m1/s1. The average molecular weight is 405 g/mol. The van der Waals surface area contributed by atoms with Gasteiger partial charge in [0.15, 0.2) is 4.34 Å². The van der Waals surface area contributed by atoms with Crippen molar-refractivity contribution in [2.45, 2.75) is 29.5 Å². The second kappa shape index (κ2) is 8.01. The minimum Gasteiger partial charge on any atom is -0.349 e. The zero-order chi connectivity index (χ0) is 19.6. The fourth-order valence-corrected chi connectivity index (χ4v) is 4.68. The molecule has 2 atom stereocenters. The number of benzene rings is 2. The van der Waals surface area contributed by atoms with E-state index in [0.717, 1.165) is 5.56 Å². The van der Waals surface area contributed by atoms with Crippen LogP contribution in [0.2, 0.25) is 0 Å². The summed E-state index contributed by atoms with van der Waals surface area (Å²) in [6, 6.07) is 10.2. The predicted molar refractivity (Wildman–Crippen MR) is 105 cm³/mol. The van der Waals surface area contributed by atoms with E-state index in [1.165, 1.54) is 47.4 Å². The van der Waals surface area contributed by atoms with Crippen molar-refractivity contribution in [1.29, 1.82) is 0 Å². The number of nitro benzene ring substituents is 1. The third-order valence-corrected chi connectivity index (χ3v) is 6.15. The first kappa shape index (κ1) is 19.2. The van der Waals surface area contributed by atoms with Gasteiger partial charge < -0.3 is 5.32 Å². The monoisotopic (exact) mass is 405 g/mol. The van der Waals surface area contributed by atoms with Crippen LogP contribution in [0.3, 0.4) is 0 Å². The van der Waals surface area contributed by atoms with E-state index in [-0.39, 0.29) is 23.5 Å². The quantitative estimate of drug-likeness (QED) is 0.365. The number of aromatic nitrogens is 1. The molecule has 1 amide bonds. The lowest BCUT2D eigenvalue weighted by atomic mass is 10.1. The van der Waals surface area contributed by atoms with Crippen LogP contribution in [0.15, 0.2) is 46.8 Å². The molecule has 0 radical (unpaired) electrons. The Bertz CT molecular complexity index is 991. The number of halogens is 1. The van der Waals surface area contributed by atoms with Crippen LogP contribution >= 0.6 is 23.1 Å². The van der Waals surface area contributed by atoms with E-state index in [0.29, 0.717) is 14.6 Å². The van der Waals surface area contributed by atoms with Crippen LogP contribution in [0.1, 0.15) is 25.5 Å². The molecular weight excluding hydrogens is 389 g/mol. The number of nitrogens with zero attached hydrogens (tertiary/aromatic N) is 2. The first-order valence-electron chi connectivity index (χ1n) is 8.11. The van der Waals surface area contributed by atoms with Crippen LogP contribution in [-0.2, 0) is 4.79 Å². The molecule has 6 nitrogen and oxygen atoms in total. The minimum atomic E-state index is -0.446. The Balaban J connectivity index is 1.66. The number of nitrogens with one attached hydrogen (secondary N) is 1. The third kappa shape index (κ3) is 4.61. The fourth-order valence-electron chi connectivity index (χ4n) is 2.43. The van der Waals surface area contributed by atoms with Gasteiger partial charge in [-0.1, -0.05) is 23.9 Å². The molecule has 9 heteroatoms. The average Bonchev–Trinajstić information content (AvgIpc) is 3.03. The van der Waals surface area contributed by atoms with E-state index in [1.54, 1.807) is 25.1 Å². The first-order chi connectivity index (χ1) is 12.8. The summed E-state index contributed by atoms with van der Waals surface area (Å²) < 4.78 is 14.4. The van der Waals surface area contributed by atoms with Crippen molar-refractivity contribution in [1.82, 2.24) is 10.3 Å². The maximum atomic E-state index is 13.0. The van der Waals surface area contributed by atoms with Crippen molar-refractivity contribution in [2.75, 3.05) is 0 Å². The second-order valence-electron chi connectivity index (χ2n) is 5.93. The van der Waals surface area contributed by atoms with Gasteiger partial charge in [-0.3, -0.25) is 14.9 Å². The van der Waals surface area contributed by atoms with Crippen LogP contribution in [0.25, 0.3) is 10.2 Å². The number of non-ortho nitro benzene ring substituents is 1. The molecule has 0 spiro atoms.